The number of hydrogen-bond acceptors (Lipinski definition) is 4. The molecule has 2 aliphatic rings. The van der Waals surface area contributed by atoms with Gasteiger partial charge in [0.05, 0.1) is 0 Å². The number of hydrogen-bond donors (Lipinski definition) is 1. The first-order valence-corrected chi connectivity index (χ1v) is 7.81. The van der Waals surface area contributed by atoms with Crippen LogP contribution in [0.5, 0.6) is 11.5 Å². The molecule has 1 aromatic carbocycles. The molecule has 1 saturated carbocycles. The Bertz CT molecular complexity index is 603. The molecule has 0 radical (unpaired) electrons. The predicted molar refractivity (Wildman–Crippen MR) is 77.5 cm³/mol. The van der Waals surface area contributed by atoms with Crippen LogP contribution < -0.4 is 14.8 Å². The first-order chi connectivity index (χ1) is 9.40. The van der Waals surface area contributed by atoms with Crippen LogP contribution in [0, 0.1) is 0 Å². The van der Waals surface area contributed by atoms with E-state index in [4.69, 9.17) is 9.47 Å². The zero-order chi connectivity index (χ0) is 12.7. The van der Waals surface area contributed by atoms with Crippen LogP contribution in [0.15, 0.2) is 17.5 Å². The minimum absolute atomic E-state index is 0.654. The van der Waals surface area contributed by atoms with Crippen molar-refractivity contribution in [2.45, 2.75) is 25.3 Å². The van der Waals surface area contributed by atoms with E-state index in [2.05, 4.69) is 22.8 Å². The molecule has 4 rings (SSSR count). The van der Waals surface area contributed by atoms with E-state index < -0.39 is 0 Å². The van der Waals surface area contributed by atoms with Crippen LogP contribution in [0.1, 0.15) is 18.4 Å². The SMILES string of the molecule is c1sc2cc3c(cc2c1CCNC1CC1)OCCO3. The Morgan fingerprint density at radius 2 is 1.95 bits per heavy atom. The van der Waals surface area contributed by atoms with Crippen molar-refractivity contribution >= 4 is 21.4 Å². The first kappa shape index (κ1) is 11.6. The monoisotopic (exact) mass is 275 g/mol. The highest BCUT2D eigenvalue weighted by Gasteiger charge is 2.20. The third kappa shape index (κ3) is 2.30. The van der Waals surface area contributed by atoms with Gasteiger partial charge in [-0.05, 0) is 48.2 Å². The van der Waals surface area contributed by atoms with Crippen molar-refractivity contribution < 1.29 is 9.47 Å². The smallest absolute Gasteiger partial charge is 0.162 e. The molecule has 0 atom stereocenters. The van der Waals surface area contributed by atoms with Crippen LogP contribution in [-0.4, -0.2) is 25.8 Å². The van der Waals surface area contributed by atoms with Crippen molar-refractivity contribution in [3.8, 4) is 11.5 Å². The van der Waals surface area contributed by atoms with E-state index >= 15 is 0 Å². The molecule has 19 heavy (non-hydrogen) atoms. The second-order valence-electron chi connectivity index (χ2n) is 5.23. The van der Waals surface area contributed by atoms with Crippen LogP contribution in [0.4, 0.5) is 0 Å². The zero-order valence-electron chi connectivity index (χ0n) is 10.8. The summed E-state index contributed by atoms with van der Waals surface area (Å²) in [6, 6.07) is 5.05. The van der Waals surface area contributed by atoms with E-state index in [9.17, 15) is 0 Å². The summed E-state index contributed by atoms with van der Waals surface area (Å²) in [7, 11) is 0. The number of benzene rings is 1. The Kier molecular flexibility index (Phi) is 2.85. The van der Waals surface area contributed by atoms with Gasteiger partial charge < -0.3 is 14.8 Å². The maximum absolute atomic E-state index is 5.67. The third-order valence-electron chi connectivity index (χ3n) is 3.72. The molecule has 0 spiro atoms. The molecule has 4 heteroatoms. The maximum atomic E-state index is 5.67. The number of rotatable bonds is 4. The van der Waals surface area contributed by atoms with Gasteiger partial charge in [0.15, 0.2) is 11.5 Å². The van der Waals surface area contributed by atoms with Crippen LogP contribution in [0.2, 0.25) is 0 Å². The molecular weight excluding hydrogens is 258 g/mol. The lowest BCUT2D eigenvalue weighted by atomic mass is 10.1. The van der Waals surface area contributed by atoms with E-state index in [1.54, 1.807) is 11.3 Å². The first-order valence-electron chi connectivity index (χ1n) is 6.93. The summed E-state index contributed by atoms with van der Waals surface area (Å²) in [6.07, 6.45) is 3.79. The van der Waals surface area contributed by atoms with Gasteiger partial charge in [0.25, 0.3) is 0 Å². The highest BCUT2D eigenvalue weighted by Crippen LogP contribution is 2.38. The quantitative estimate of drug-likeness (QED) is 0.930. The largest absolute Gasteiger partial charge is 0.486 e. The van der Waals surface area contributed by atoms with Crippen molar-refractivity contribution in [2.75, 3.05) is 19.8 Å². The molecule has 1 N–H and O–H groups in total. The average Bonchev–Trinajstić information content (AvgIpc) is 3.18. The van der Waals surface area contributed by atoms with Gasteiger partial charge in [0, 0.05) is 16.8 Å². The minimum Gasteiger partial charge on any atom is -0.486 e. The molecule has 1 aromatic heterocycles. The topological polar surface area (TPSA) is 30.5 Å². The molecule has 1 fully saturated rings. The van der Waals surface area contributed by atoms with Gasteiger partial charge in [0.2, 0.25) is 0 Å². The van der Waals surface area contributed by atoms with Crippen molar-refractivity contribution in [3.63, 3.8) is 0 Å². The van der Waals surface area contributed by atoms with E-state index in [1.165, 1.54) is 28.5 Å². The molecule has 0 saturated heterocycles. The highest BCUT2D eigenvalue weighted by molar-refractivity contribution is 7.17. The van der Waals surface area contributed by atoms with Crippen LogP contribution in [0.25, 0.3) is 10.1 Å². The molecule has 0 bridgehead atoms. The van der Waals surface area contributed by atoms with Gasteiger partial charge >= 0.3 is 0 Å². The molecule has 1 aliphatic heterocycles. The van der Waals surface area contributed by atoms with Gasteiger partial charge in [-0.15, -0.1) is 11.3 Å². The lowest BCUT2D eigenvalue weighted by Gasteiger charge is -2.18. The summed E-state index contributed by atoms with van der Waals surface area (Å²) in [6.45, 7) is 2.38. The average molecular weight is 275 g/mol. The Labute approximate surface area is 116 Å². The van der Waals surface area contributed by atoms with Crippen molar-refractivity contribution in [3.05, 3.63) is 23.1 Å². The fourth-order valence-corrected chi connectivity index (χ4v) is 3.51. The van der Waals surface area contributed by atoms with Gasteiger partial charge in [-0.25, -0.2) is 0 Å². The van der Waals surface area contributed by atoms with Crippen molar-refractivity contribution in [1.82, 2.24) is 5.32 Å². The van der Waals surface area contributed by atoms with E-state index in [0.29, 0.717) is 13.2 Å². The molecule has 2 heterocycles. The van der Waals surface area contributed by atoms with Crippen LogP contribution in [0.3, 0.4) is 0 Å². The number of thiophene rings is 1. The summed E-state index contributed by atoms with van der Waals surface area (Å²) in [5, 5.41) is 7.16. The zero-order valence-corrected chi connectivity index (χ0v) is 11.6. The minimum atomic E-state index is 0.654. The van der Waals surface area contributed by atoms with E-state index in [0.717, 1.165) is 30.5 Å². The summed E-state index contributed by atoms with van der Waals surface area (Å²) in [5.41, 5.74) is 1.42. The van der Waals surface area contributed by atoms with Gasteiger partial charge in [-0.3, -0.25) is 0 Å². The Balaban J connectivity index is 1.59. The Morgan fingerprint density at radius 1 is 1.16 bits per heavy atom. The molecule has 0 amide bonds. The van der Waals surface area contributed by atoms with Crippen molar-refractivity contribution in [2.24, 2.45) is 0 Å². The van der Waals surface area contributed by atoms with E-state index in [1.807, 2.05) is 0 Å². The van der Waals surface area contributed by atoms with Gasteiger partial charge in [-0.2, -0.15) is 0 Å². The Morgan fingerprint density at radius 3 is 2.74 bits per heavy atom. The summed E-state index contributed by atoms with van der Waals surface area (Å²) in [5.74, 6) is 1.79. The van der Waals surface area contributed by atoms with Crippen LogP contribution >= 0.6 is 11.3 Å². The fraction of sp³-hybridized carbons (Fsp3) is 0.467. The van der Waals surface area contributed by atoms with E-state index in [-0.39, 0.29) is 0 Å². The maximum Gasteiger partial charge on any atom is 0.162 e. The van der Waals surface area contributed by atoms with Crippen LogP contribution in [-0.2, 0) is 6.42 Å². The second kappa shape index (κ2) is 4.69. The lowest BCUT2D eigenvalue weighted by molar-refractivity contribution is 0.172. The lowest BCUT2D eigenvalue weighted by Crippen LogP contribution is -2.19. The fourth-order valence-electron chi connectivity index (χ4n) is 2.51. The second-order valence-corrected chi connectivity index (χ2v) is 6.14. The molecule has 1 aliphatic carbocycles. The molecular formula is C15H17NO2S. The van der Waals surface area contributed by atoms with Crippen molar-refractivity contribution in [1.29, 1.82) is 0 Å². The Hall–Kier alpha value is -1.26. The predicted octanol–water partition coefficient (Wildman–Crippen LogP) is 2.97. The summed E-state index contributed by atoms with van der Waals surface area (Å²) < 4.78 is 12.6. The summed E-state index contributed by atoms with van der Waals surface area (Å²) >= 11 is 1.80. The number of ether oxygens (including phenoxy) is 2. The highest BCUT2D eigenvalue weighted by atomic mass is 32.1. The molecule has 100 valence electrons. The molecule has 3 nitrogen and oxygen atoms in total. The summed E-state index contributed by atoms with van der Waals surface area (Å²) in [4.78, 5) is 0. The number of nitrogens with one attached hydrogen (secondary N) is 1. The van der Waals surface area contributed by atoms with Gasteiger partial charge in [0.1, 0.15) is 13.2 Å². The number of fused-ring (bicyclic) bond motifs is 2. The standard InChI is InChI=1S/C15H17NO2S/c1-2-11(1)16-4-3-10-9-19-15-8-14-13(7-12(10)15)17-5-6-18-14/h7-9,11,16H,1-6H2. The molecule has 0 unspecified atom stereocenters. The normalized spacial score (nSPS) is 17.9. The third-order valence-corrected chi connectivity index (χ3v) is 4.72. The van der Waals surface area contributed by atoms with Gasteiger partial charge in [-0.1, -0.05) is 0 Å². The molecule has 2 aromatic rings.